The maximum atomic E-state index is 14.0. The van der Waals surface area contributed by atoms with E-state index in [1.54, 1.807) is 17.0 Å². The molecule has 19 heavy (non-hydrogen) atoms. The largest absolute Gasteiger partial charge is 0.497 e. The molecule has 2 rings (SSSR count). The number of amides is 1. The molecule has 1 aliphatic heterocycles. The van der Waals surface area contributed by atoms with Crippen molar-refractivity contribution in [2.24, 2.45) is 5.73 Å². The van der Waals surface area contributed by atoms with Gasteiger partial charge in [-0.1, -0.05) is 6.07 Å². The summed E-state index contributed by atoms with van der Waals surface area (Å²) in [5.41, 5.74) is 6.69. The predicted molar refractivity (Wildman–Crippen MR) is 70.5 cm³/mol. The van der Waals surface area contributed by atoms with Crippen molar-refractivity contribution in [2.75, 3.05) is 20.2 Å². The van der Waals surface area contributed by atoms with Gasteiger partial charge in [0.05, 0.1) is 7.11 Å². The van der Waals surface area contributed by atoms with E-state index >= 15 is 0 Å². The molecule has 0 saturated carbocycles. The number of nitrogens with zero attached hydrogens (tertiary/aromatic N) is 1. The quantitative estimate of drug-likeness (QED) is 0.882. The second-order valence-corrected chi connectivity index (χ2v) is 4.91. The van der Waals surface area contributed by atoms with E-state index in [1.165, 1.54) is 20.1 Å². The molecule has 0 aliphatic carbocycles. The lowest BCUT2D eigenvalue weighted by molar-refractivity contribution is -0.130. The summed E-state index contributed by atoms with van der Waals surface area (Å²) in [6, 6.07) is 4.60. The van der Waals surface area contributed by atoms with Gasteiger partial charge in [-0.3, -0.25) is 4.79 Å². The van der Waals surface area contributed by atoms with Crippen molar-refractivity contribution < 1.29 is 13.9 Å². The SMILES string of the molecule is COc1ccc(C2CCN(C(C)=O)CC2N)c(F)c1. The highest BCUT2D eigenvalue weighted by molar-refractivity contribution is 5.73. The topological polar surface area (TPSA) is 55.6 Å². The molecule has 1 saturated heterocycles. The minimum atomic E-state index is -0.295. The molecular formula is C14H19FN2O2. The standard InChI is InChI=1S/C14H19FN2O2/c1-9(18)17-6-5-12(14(16)8-17)11-4-3-10(19-2)7-13(11)15/h3-4,7,12,14H,5-6,8,16H2,1-2H3. The van der Waals surface area contributed by atoms with Crippen molar-refractivity contribution in [1.82, 2.24) is 4.90 Å². The third-order valence-electron chi connectivity index (χ3n) is 3.71. The zero-order valence-electron chi connectivity index (χ0n) is 11.2. The molecule has 4 nitrogen and oxygen atoms in total. The Morgan fingerprint density at radius 2 is 2.26 bits per heavy atom. The first-order chi connectivity index (χ1) is 9.02. The zero-order chi connectivity index (χ0) is 14.0. The normalized spacial score (nSPS) is 23.3. The Balaban J connectivity index is 2.17. The molecule has 1 fully saturated rings. The van der Waals surface area contributed by atoms with E-state index in [0.717, 1.165) is 0 Å². The third kappa shape index (κ3) is 2.87. The fourth-order valence-corrected chi connectivity index (χ4v) is 2.59. The molecule has 1 amide bonds. The van der Waals surface area contributed by atoms with Crippen LogP contribution in [-0.2, 0) is 4.79 Å². The first-order valence-electron chi connectivity index (χ1n) is 6.37. The van der Waals surface area contributed by atoms with Gasteiger partial charge < -0.3 is 15.4 Å². The fourth-order valence-electron chi connectivity index (χ4n) is 2.59. The number of methoxy groups -OCH3 is 1. The molecule has 104 valence electrons. The number of benzene rings is 1. The molecule has 2 unspecified atom stereocenters. The van der Waals surface area contributed by atoms with Crippen molar-refractivity contribution >= 4 is 5.91 Å². The number of hydrogen-bond acceptors (Lipinski definition) is 3. The van der Waals surface area contributed by atoms with Gasteiger partial charge in [0.2, 0.25) is 5.91 Å². The van der Waals surface area contributed by atoms with Crippen molar-refractivity contribution in [3.05, 3.63) is 29.6 Å². The van der Waals surface area contributed by atoms with Crippen LogP contribution in [0, 0.1) is 5.82 Å². The number of halogens is 1. The van der Waals surface area contributed by atoms with Crippen LogP contribution in [0.25, 0.3) is 0 Å². The highest BCUT2D eigenvalue weighted by atomic mass is 19.1. The second kappa shape index (κ2) is 5.57. The number of carbonyl (C=O) groups is 1. The van der Waals surface area contributed by atoms with Crippen LogP contribution in [0.1, 0.15) is 24.8 Å². The molecule has 1 heterocycles. The van der Waals surface area contributed by atoms with Gasteiger partial charge in [-0.25, -0.2) is 4.39 Å². The van der Waals surface area contributed by atoms with Gasteiger partial charge in [0.1, 0.15) is 11.6 Å². The Morgan fingerprint density at radius 3 is 2.79 bits per heavy atom. The molecule has 0 aromatic heterocycles. The number of rotatable bonds is 2. The van der Waals surface area contributed by atoms with Crippen molar-refractivity contribution in [3.63, 3.8) is 0 Å². The molecule has 1 aromatic carbocycles. The van der Waals surface area contributed by atoms with E-state index in [-0.39, 0.29) is 23.7 Å². The monoisotopic (exact) mass is 266 g/mol. The van der Waals surface area contributed by atoms with Gasteiger partial charge in [-0.15, -0.1) is 0 Å². The Hall–Kier alpha value is -1.62. The second-order valence-electron chi connectivity index (χ2n) is 4.91. The minimum Gasteiger partial charge on any atom is -0.497 e. The molecule has 1 aliphatic rings. The number of ether oxygens (including phenoxy) is 1. The maximum Gasteiger partial charge on any atom is 0.219 e. The summed E-state index contributed by atoms with van der Waals surface area (Å²) in [6.45, 7) is 2.63. The van der Waals surface area contributed by atoms with Crippen LogP contribution in [0.5, 0.6) is 5.75 Å². The number of piperidine rings is 1. The average Bonchev–Trinajstić information content (AvgIpc) is 2.39. The van der Waals surface area contributed by atoms with E-state index in [9.17, 15) is 9.18 Å². The zero-order valence-corrected chi connectivity index (χ0v) is 11.2. The number of nitrogens with two attached hydrogens (primary N) is 1. The molecule has 0 spiro atoms. The van der Waals surface area contributed by atoms with E-state index in [2.05, 4.69) is 0 Å². The summed E-state index contributed by atoms with van der Waals surface area (Å²) in [5, 5.41) is 0. The van der Waals surface area contributed by atoms with E-state index in [1.807, 2.05) is 0 Å². The molecule has 2 atom stereocenters. The Kier molecular flexibility index (Phi) is 4.04. The lowest BCUT2D eigenvalue weighted by Gasteiger charge is -2.36. The highest BCUT2D eigenvalue weighted by Crippen LogP contribution is 2.31. The van der Waals surface area contributed by atoms with Gasteiger partial charge >= 0.3 is 0 Å². The van der Waals surface area contributed by atoms with Crippen molar-refractivity contribution in [1.29, 1.82) is 0 Å². The lowest BCUT2D eigenvalue weighted by atomic mass is 9.85. The highest BCUT2D eigenvalue weighted by Gasteiger charge is 2.30. The van der Waals surface area contributed by atoms with Crippen LogP contribution >= 0.6 is 0 Å². The number of carbonyl (C=O) groups excluding carboxylic acids is 1. The molecule has 5 heteroatoms. The van der Waals surface area contributed by atoms with E-state index < -0.39 is 0 Å². The van der Waals surface area contributed by atoms with Gasteiger partial charge in [-0.2, -0.15) is 0 Å². The predicted octanol–water partition coefficient (Wildman–Crippen LogP) is 1.50. The molecular weight excluding hydrogens is 247 g/mol. The van der Waals surface area contributed by atoms with Crippen LogP contribution in [0.3, 0.4) is 0 Å². The summed E-state index contributed by atoms with van der Waals surface area (Å²) in [4.78, 5) is 13.0. The third-order valence-corrected chi connectivity index (χ3v) is 3.71. The summed E-state index contributed by atoms with van der Waals surface area (Å²) >= 11 is 0. The van der Waals surface area contributed by atoms with Crippen LogP contribution in [0.15, 0.2) is 18.2 Å². The van der Waals surface area contributed by atoms with Gasteiger partial charge in [-0.05, 0) is 18.1 Å². The summed E-state index contributed by atoms with van der Waals surface area (Å²) < 4.78 is 19.0. The number of likely N-dealkylation sites (tertiary alicyclic amines) is 1. The van der Waals surface area contributed by atoms with Gasteiger partial charge in [0.15, 0.2) is 0 Å². The summed E-state index contributed by atoms with van der Waals surface area (Å²) in [7, 11) is 1.51. The first kappa shape index (κ1) is 13.8. The lowest BCUT2D eigenvalue weighted by Crippen LogP contribution is -2.49. The number of hydrogen-bond donors (Lipinski definition) is 1. The Morgan fingerprint density at radius 1 is 1.53 bits per heavy atom. The average molecular weight is 266 g/mol. The maximum absolute atomic E-state index is 14.0. The van der Waals surface area contributed by atoms with Crippen LogP contribution in [0.4, 0.5) is 4.39 Å². The molecule has 0 radical (unpaired) electrons. The summed E-state index contributed by atoms with van der Waals surface area (Å²) in [6.07, 6.45) is 0.685. The van der Waals surface area contributed by atoms with Crippen LogP contribution < -0.4 is 10.5 Å². The smallest absolute Gasteiger partial charge is 0.219 e. The molecule has 0 bridgehead atoms. The fraction of sp³-hybridized carbons (Fsp3) is 0.500. The Bertz CT molecular complexity index is 479. The van der Waals surface area contributed by atoms with Crippen molar-refractivity contribution in [3.8, 4) is 5.75 Å². The summed E-state index contributed by atoms with van der Waals surface area (Å²) in [5.74, 6) is 0.165. The molecule has 2 N–H and O–H groups in total. The molecule has 1 aromatic rings. The van der Waals surface area contributed by atoms with Gasteiger partial charge in [0, 0.05) is 38.0 Å². The Labute approximate surface area is 112 Å². The van der Waals surface area contributed by atoms with E-state index in [4.69, 9.17) is 10.5 Å². The van der Waals surface area contributed by atoms with Crippen LogP contribution in [0.2, 0.25) is 0 Å². The minimum absolute atomic E-state index is 0.0177. The van der Waals surface area contributed by atoms with Crippen molar-refractivity contribution in [2.45, 2.75) is 25.3 Å². The van der Waals surface area contributed by atoms with E-state index in [0.29, 0.717) is 30.8 Å². The van der Waals surface area contributed by atoms with Crippen LogP contribution in [-0.4, -0.2) is 37.0 Å². The van der Waals surface area contributed by atoms with Gasteiger partial charge in [0.25, 0.3) is 0 Å². The first-order valence-corrected chi connectivity index (χ1v) is 6.37.